The molecule has 1 aromatic heterocycles. The van der Waals surface area contributed by atoms with Gasteiger partial charge in [-0.1, -0.05) is 12.1 Å². The van der Waals surface area contributed by atoms with Crippen LogP contribution in [0.25, 0.3) is 16.1 Å². The van der Waals surface area contributed by atoms with Crippen LogP contribution in [0.2, 0.25) is 0 Å². The van der Waals surface area contributed by atoms with Crippen molar-refractivity contribution < 1.29 is 18.0 Å². The fourth-order valence-electron chi connectivity index (χ4n) is 5.58. The normalized spacial score (nSPS) is 25.8. The minimum absolute atomic E-state index is 0.0588. The van der Waals surface area contributed by atoms with Gasteiger partial charge in [-0.05, 0) is 68.9 Å². The highest BCUT2D eigenvalue weighted by molar-refractivity contribution is 7.16. The first kappa shape index (κ1) is 29.0. The molecule has 11 heteroatoms. The van der Waals surface area contributed by atoms with Crippen molar-refractivity contribution in [1.82, 2.24) is 10.3 Å². The van der Waals surface area contributed by atoms with Crippen molar-refractivity contribution in [3.05, 3.63) is 52.8 Å². The molecule has 2 aliphatic carbocycles. The third-order valence-electron chi connectivity index (χ3n) is 8.22. The molecule has 5 N–H and O–H groups in total. The Hall–Kier alpha value is -3.52. The standard InChI is InChI=1S/C30H35F3N6OS/c1-18(35)2-9-24(36)28-37-25(22-8-5-20(31)16-23(22)27(40)38-29(17-34)10-11-29)26(41-28)19-3-6-21(7-4-19)39-14-12-30(32,33)13-15-39/h2-4,6-7,9,20,22-23H,5,8,10-16,35-36H2,1H3,(H,38,40)/b18-2-,24-9-/t20-,22+,23?/m0/s1. The maximum absolute atomic E-state index is 14.7. The highest BCUT2D eigenvalue weighted by atomic mass is 32.1. The lowest BCUT2D eigenvalue weighted by Crippen LogP contribution is -2.44. The van der Waals surface area contributed by atoms with Crippen LogP contribution in [0.5, 0.6) is 0 Å². The van der Waals surface area contributed by atoms with Gasteiger partial charge in [0, 0.05) is 49.2 Å². The molecule has 2 saturated carbocycles. The number of carbonyl (C=O) groups is 1. The summed E-state index contributed by atoms with van der Waals surface area (Å²) in [5.74, 6) is -3.98. The number of amides is 1. The number of hydrogen-bond donors (Lipinski definition) is 3. The van der Waals surface area contributed by atoms with E-state index in [1.165, 1.54) is 11.3 Å². The van der Waals surface area contributed by atoms with Crippen LogP contribution in [0.15, 0.2) is 42.1 Å². The number of nitriles is 1. The number of anilines is 1. The number of halogens is 3. The molecule has 0 spiro atoms. The summed E-state index contributed by atoms with van der Waals surface area (Å²) in [6, 6.07) is 9.86. The maximum atomic E-state index is 14.7. The van der Waals surface area contributed by atoms with Gasteiger partial charge < -0.3 is 21.7 Å². The zero-order valence-electron chi connectivity index (χ0n) is 23.0. The molecule has 3 fully saturated rings. The summed E-state index contributed by atoms with van der Waals surface area (Å²) in [6.07, 6.45) is 3.90. The average Bonchev–Trinajstić information content (AvgIpc) is 3.58. The van der Waals surface area contributed by atoms with E-state index in [-0.39, 0.29) is 44.2 Å². The van der Waals surface area contributed by atoms with Crippen LogP contribution >= 0.6 is 11.3 Å². The number of aromatic nitrogens is 1. The Morgan fingerprint density at radius 3 is 2.44 bits per heavy atom. The zero-order valence-corrected chi connectivity index (χ0v) is 23.8. The second-order valence-electron chi connectivity index (χ2n) is 11.5. The minimum atomic E-state index is -2.62. The van der Waals surface area contributed by atoms with Crippen molar-refractivity contribution in [2.24, 2.45) is 17.4 Å². The van der Waals surface area contributed by atoms with Gasteiger partial charge in [-0.3, -0.25) is 4.79 Å². The van der Waals surface area contributed by atoms with E-state index in [0.717, 1.165) is 16.1 Å². The van der Waals surface area contributed by atoms with Crippen LogP contribution in [0.3, 0.4) is 0 Å². The van der Waals surface area contributed by atoms with Gasteiger partial charge in [-0.15, -0.1) is 11.3 Å². The third-order valence-corrected chi connectivity index (χ3v) is 9.39. The lowest BCUT2D eigenvalue weighted by Gasteiger charge is -2.33. The van der Waals surface area contributed by atoms with Crippen molar-refractivity contribution in [3.8, 4) is 16.5 Å². The molecule has 1 unspecified atom stereocenters. The molecule has 3 aliphatic rings. The number of rotatable bonds is 7. The number of hydrogen-bond acceptors (Lipinski definition) is 7. The van der Waals surface area contributed by atoms with E-state index in [9.17, 15) is 23.2 Å². The molecule has 1 saturated heterocycles. The molecule has 41 heavy (non-hydrogen) atoms. The predicted octanol–water partition coefficient (Wildman–Crippen LogP) is 5.60. The molecule has 2 heterocycles. The van der Waals surface area contributed by atoms with Crippen LogP contribution in [0.1, 0.15) is 68.5 Å². The number of carbonyl (C=O) groups excluding carboxylic acids is 1. The summed E-state index contributed by atoms with van der Waals surface area (Å²) >= 11 is 1.39. The van der Waals surface area contributed by atoms with Crippen LogP contribution in [-0.4, -0.2) is 41.6 Å². The molecule has 218 valence electrons. The fourth-order valence-corrected chi connectivity index (χ4v) is 6.66. The highest BCUT2D eigenvalue weighted by Crippen LogP contribution is 2.46. The molecule has 1 aromatic carbocycles. The molecule has 0 radical (unpaired) electrons. The first-order valence-electron chi connectivity index (χ1n) is 14.0. The van der Waals surface area contributed by atoms with Crippen molar-refractivity contribution in [1.29, 1.82) is 5.26 Å². The van der Waals surface area contributed by atoms with E-state index in [2.05, 4.69) is 11.4 Å². The quantitative estimate of drug-likeness (QED) is 0.364. The number of alkyl halides is 3. The second kappa shape index (κ2) is 11.4. The summed E-state index contributed by atoms with van der Waals surface area (Å²) in [5, 5.41) is 12.9. The summed E-state index contributed by atoms with van der Waals surface area (Å²) in [4.78, 5) is 21.1. The Bertz CT molecular complexity index is 1380. The van der Waals surface area contributed by atoms with Gasteiger partial charge in [0.1, 0.15) is 16.7 Å². The van der Waals surface area contributed by atoms with Crippen molar-refractivity contribution in [2.75, 3.05) is 18.0 Å². The van der Waals surface area contributed by atoms with Gasteiger partial charge in [-0.2, -0.15) is 5.26 Å². The third kappa shape index (κ3) is 6.53. The monoisotopic (exact) mass is 584 g/mol. The smallest absolute Gasteiger partial charge is 0.251 e. The number of thiazole rings is 1. The summed E-state index contributed by atoms with van der Waals surface area (Å²) in [5.41, 5.74) is 14.7. The van der Waals surface area contributed by atoms with Gasteiger partial charge in [0.25, 0.3) is 5.92 Å². The summed E-state index contributed by atoms with van der Waals surface area (Å²) < 4.78 is 42.0. The Morgan fingerprint density at radius 2 is 1.83 bits per heavy atom. The van der Waals surface area contributed by atoms with E-state index in [0.29, 0.717) is 47.8 Å². The Labute approximate surface area is 242 Å². The van der Waals surface area contributed by atoms with E-state index in [1.807, 2.05) is 29.2 Å². The molecular formula is C30H35F3N6OS. The maximum Gasteiger partial charge on any atom is 0.251 e. The van der Waals surface area contributed by atoms with E-state index >= 15 is 0 Å². The van der Waals surface area contributed by atoms with Gasteiger partial charge in [-0.25, -0.2) is 18.2 Å². The topological polar surface area (TPSA) is 121 Å². The van der Waals surface area contributed by atoms with Gasteiger partial charge in [0.15, 0.2) is 0 Å². The fraction of sp³-hybridized carbons (Fsp3) is 0.500. The Morgan fingerprint density at radius 1 is 1.15 bits per heavy atom. The molecule has 0 bridgehead atoms. The zero-order chi connectivity index (χ0) is 29.4. The van der Waals surface area contributed by atoms with E-state index in [1.54, 1.807) is 19.1 Å². The first-order valence-corrected chi connectivity index (χ1v) is 14.8. The van der Waals surface area contributed by atoms with Gasteiger partial charge >= 0.3 is 0 Å². The Balaban J connectivity index is 1.49. The van der Waals surface area contributed by atoms with Crippen LogP contribution in [0, 0.1) is 17.2 Å². The van der Waals surface area contributed by atoms with Gasteiger partial charge in [0.05, 0.1) is 22.3 Å². The van der Waals surface area contributed by atoms with E-state index < -0.39 is 23.6 Å². The molecule has 2 aromatic rings. The highest BCUT2D eigenvalue weighted by Gasteiger charge is 2.48. The van der Waals surface area contributed by atoms with E-state index in [4.69, 9.17) is 16.5 Å². The molecular weight excluding hydrogens is 549 g/mol. The lowest BCUT2D eigenvalue weighted by molar-refractivity contribution is -0.128. The number of nitrogens with one attached hydrogen (secondary N) is 1. The van der Waals surface area contributed by atoms with Crippen LogP contribution < -0.4 is 21.7 Å². The largest absolute Gasteiger partial charge is 0.402 e. The average molecular weight is 585 g/mol. The minimum Gasteiger partial charge on any atom is -0.402 e. The van der Waals surface area contributed by atoms with Crippen molar-refractivity contribution >= 4 is 28.6 Å². The number of nitrogens with two attached hydrogens (primary N) is 2. The lowest BCUT2D eigenvalue weighted by atomic mass is 9.75. The number of benzene rings is 1. The predicted molar refractivity (Wildman–Crippen MR) is 155 cm³/mol. The van der Waals surface area contributed by atoms with Crippen LogP contribution in [0.4, 0.5) is 18.9 Å². The number of piperidine rings is 1. The van der Waals surface area contributed by atoms with Crippen molar-refractivity contribution in [2.45, 2.75) is 75.4 Å². The molecule has 5 rings (SSSR count). The van der Waals surface area contributed by atoms with Crippen LogP contribution in [-0.2, 0) is 4.79 Å². The first-order chi connectivity index (χ1) is 19.5. The molecule has 1 aliphatic heterocycles. The number of nitrogens with zero attached hydrogens (tertiary/aromatic N) is 3. The number of allylic oxidation sites excluding steroid dienone is 3. The molecule has 1 amide bonds. The molecule has 3 atom stereocenters. The van der Waals surface area contributed by atoms with Crippen molar-refractivity contribution in [3.63, 3.8) is 0 Å². The summed E-state index contributed by atoms with van der Waals surface area (Å²) in [7, 11) is 0. The SMILES string of the molecule is C/C(N)=C/C=C(\N)c1nc([C@@H]2CC[C@H](F)CC2C(=O)NC2(C#N)CC2)c(-c2ccc(N3CCC(F)(F)CC3)cc2)s1. The Kier molecular flexibility index (Phi) is 8.06. The second-order valence-corrected chi connectivity index (χ2v) is 12.5. The summed E-state index contributed by atoms with van der Waals surface area (Å²) in [6.45, 7) is 2.32. The van der Waals surface area contributed by atoms with Gasteiger partial charge in [0.2, 0.25) is 5.91 Å². The molecule has 7 nitrogen and oxygen atoms in total.